The Balaban J connectivity index is 1.59. The fourth-order valence-electron chi connectivity index (χ4n) is 3.05. The van der Waals surface area contributed by atoms with Crippen LogP contribution in [-0.4, -0.2) is 28.6 Å². The predicted octanol–water partition coefficient (Wildman–Crippen LogP) is 4.63. The molecule has 0 aliphatic rings. The van der Waals surface area contributed by atoms with Crippen LogP contribution in [0.1, 0.15) is 22.3 Å². The van der Waals surface area contributed by atoms with Crippen molar-refractivity contribution in [2.24, 2.45) is 0 Å². The van der Waals surface area contributed by atoms with Crippen molar-refractivity contribution < 1.29 is 9.59 Å². The van der Waals surface area contributed by atoms with E-state index in [4.69, 9.17) is 0 Å². The van der Waals surface area contributed by atoms with Gasteiger partial charge in [-0.25, -0.2) is 4.68 Å². The van der Waals surface area contributed by atoms with E-state index in [0.717, 1.165) is 27.3 Å². The van der Waals surface area contributed by atoms with Crippen LogP contribution in [0.25, 0.3) is 15.9 Å². The molecule has 0 saturated carbocycles. The second-order valence-electron chi connectivity index (χ2n) is 6.74. The van der Waals surface area contributed by atoms with Gasteiger partial charge in [0, 0.05) is 30.7 Å². The second-order valence-corrected chi connectivity index (χ2v) is 7.77. The molecule has 0 saturated heterocycles. The highest BCUT2D eigenvalue weighted by atomic mass is 32.1. The molecule has 6 nitrogen and oxygen atoms in total. The number of hydrogen-bond donors (Lipinski definition) is 1. The van der Waals surface area contributed by atoms with Gasteiger partial charge in [-0.05, 0) is 49.4 Å². The number of carbonyl (C=O) groups is 2. The van der Waals surface area contributed by atoms with Crippen molar-refractivity contribution in [2.45, 2.75) is 13.8 Å². The molecule has 0 fully saturated rings. The number of nitrogens with zero attached hydrogens (tertiary/aromatic N) is 3. The quantitative estimate of drug-likeness (QED) is 0.539. The normalized spacial score (nSPS) is 10.9. The molecule has 2 aromatic carbocycles. The molecule has 0 radical (unpaired) electrons. The lowest BCUT2D eigenvalue weighted by Gasteiger charge is -2.15. The van der Waals surface area contributed by atoms with Crippen LogP contribution >= 0.6 is 11.3 Å². The first-order valence-electron chi connectivity index (χ1n) is 9.14. The fourth-order valence-corrected chi connectivity index (χ4v) is 4.12. The fraction of sp³-hybridized carbons (Fsp3) is 0.136. The summed E-state index contributed by atoms with van der Waals surface area (Å²) in [6.07, 6.45) is 0. The molecule has 0 aliphatic carbocycles. The number of rotatable bonds is 4. The maximum atomic E-state index is 12.8. The third-order valence-electron chi connectivity index (χ3n) is 4.75. The summed E-state index contributed by atoms with van der Waals surface area (Å²) in [5.74, 6) is -0.215. The number of aryl methyl sites for hydroxylation is 1. The van der Waals surface area contributed by atoms with Crippen LogP contribution in [0.5, 0.6) is 0 Å². The molecular formula is C22H20N4O2S. The van der Waals surface area contributed by atoms with Gasteiger partial charge in [-0.1, -0.05) is 18.2 Å². The Morgan fingerprint density at radius 3 is 2.41 bits per heavy atom. The van der Waals surface area contributed by atoms with Gasteiger partial charge in [-0.15, -0.1) is 11.3 Å². The molecule has 0 bridgehead atoms. The molecule has 29 heavy (non-hydrogen) atoms. The molecule has 4 rings (SSSR count). The van der Waals surface area contributed by atoms with E-state index in [2.05, 4.69) is 10.4 Å². The van der Waals surface area contributed by atoms with Gasteiger partial charge < -0.3 is 10.2 Å². The van der Waals surface area contributed by atoms with E-state index in [1.165, 1.54) is 18.3 Å². The number of para-hydroxylation sites is 1. The van der Waals surface area contributed by atoms with Crippen LogP contribution in [0.2, 0.25) is 0 Å². The molecule has 1 N–H and O–H groups in total. The van der Waals surface area contributed by atoms with Crippen molar-refractivity contribution in [1.82, 2.24) is 9.78 Å². The van der Waals surface area contributed by atoms with Crippen molar-refractivity contribution in [2.75, 3.05) is 17.3 Å². The van der Waals surface area contributed by atoms with Gasteiger partial charge in [0.2, 0.25) is 5.91 Å². The smallest absolute Gasteiger partial charge is 0.265 e. The van der Waals surface area contributed by atoms with Crippen LogP contribution in [0, 0.1) is 6.92 Å². The van der Waals surface area contributed by atoms with Gasteiger partial charge in [0.25, 0.3) is 5.91 Å². The lowest BCUT2D eigenvalue weighted by molar-refractivity contribution is -0.116. The molecule has 2 amide bonds. The number of thiophene rings is 1. The summed E-state index contributed by atoms with van der Waals surface area (Å²) in [6, 6.07) is 18.9. The Morgan fingerprint density at radius 2 is 1.76 bits per heavy atom. The Bertz CT molecular complexity index is 1190. The molecule has 0 unspecified atom stereocenters. The van der Waals surface area contributed by atoms with E-state index in [9.17, 15) is 9.59 Å². The zero-order chi connectivity index (χ0) is 20.5. The molecule has 2 heterocycles. The molecule has 0 aliphatic heterocycles. The van der Waals surface area contributed by atoms with E-state index in [1.807, 2.05) is 48.0 Å². The van der Waals surface area contributed by atoms with Crippen LogP contribution in [-0.2, 0) is 4.79 Å². The molecule has 0 spiro atoms. The zero-order valence-electron chi connectivity index (χ0n) is 16.3. The highest BCUT2D eigenvalue weighted by Crippen LogP contribution is 2.31. The third kappa shape index (κ3) is 3.64. The number of fused-ring (bicyclic) bond motifs is 1. The standard InChI is InChI=1S/C22H20N4O2S/c1-14-19-13-20(29-22(19)26(24-14)18-7-5-4-6-8-18)21(28)23-16-9-11-17(12-10-16)25(3)15(2)27/h4-13H,1-3H3,(H,23,28). The third-order valence-corrected chi connectivity index (χ3v) is 5.86. The van der Waals surface area contributed by atoms with Crippen molar-refractivity contribution in [1.29, 1.82) is 0 Å². The monoisotopic (exact) mass is 404 g/mol. The molecule has 0 atom stereocenters. The van der Waals surface area contributed by atoms with Gasteiger partial charge in [-0.3, -0.25) is 9.59 Å². The van der Waals surface area contributed by atoms with Crippen molar-refractivity contribution in [3.05, 3.63) is 71.2 Å². The predicted molar refractivity (Wildman–Crippen MR) is 117 cm³/mol. The number of carbonyl (C=O) groups excluding carboxylic acids is 2. The maximum absolute atomic E-state index is 12.8. The van der Waals surface area contributed by atoms with Gasteiger partial charge in [0.1, 0.15) is 4.83 Å². The number of anilines is 2. The van der Waals surface area contributed by atoms with Crippen LogP contribution in [0.3, 0.4) is 0 Å². The summed E-state index contributed by atoms with van der Waals surface area (Å²) in [7, 11) is 1.71. The molecule has 7 heteroatoms. The summed E-state index contributed by atoms with van der Waals surface area (Å²) in [4.78, 5) is 27.3. The minimum atomic E-state index is -0.169. The molecular weight excluding hydrogens is 384 g/mol. The van der Waals surface area contributed by atoms with Crippen LogP contribution < -0.4 is 10.2 Å². The summed E-state index contributed by atoms with van der Waals surface area (Å²) in [6.45, 7) is 3.45. The van der Waals surface area contributed by atoms with Gasteiger partial charge in [0.05, 0.1) is 16.3 Å². The second kappa shape index (κ2) is 7.52. The first-order chi connectivity index (χ1) is 13.9. The highest BCUT2D eigenvalue weighted by Gasteiger charge is 2.17. The van der Waals surface area contributed by atoms with Crippen LogP contribution in [0.15, 0.2) is 60.7 Å². The summed E-state index contributed by atoms with van der Waals surface area (Å²) in [5, 5.41) is 8.50. The lowest BCUT2D eigenvalue weighted by atomic mass is 10.2. The van der Waals surface area contributed by atoms with Gasteiger partial charge >= 0.3 is 0 Å². The highest BCUT2D eigenvalue weighted by molar-refractivity contribution is 7.20. The Labute approximate surface area is 172 Å². The number of aromatic nitrogens is 2. The zero-order valence-corrected chi connectivity index (χ0v) is 17.2. The topological polar surface area (TPSA) is 67.2 Å². The number of nitrogens with one attached hydrogen (secondary N) is 1. The summed E-state index contributed by atoms with van der Waals surface area (Å²) < 4.78 is 1.87. The van der Waals surface area contributed by atoms with E-state index in [-0.39, 0.29) is 11.8 Å². The van der Waals surface area contributed by atoms with Crippen LogP contribution in [0.4, 0.5) is 11.4 Å². The Morgan fingerprint density at radius 1 is 1.07 bits per heavy atom. The molecule has 4 aromatic rings. The SMILES string of the molecule is CC(=O)N(C)c1ccc(NC(=O)c2cc3c(C)nn(-c4ccccc4)c3s2)cc1. The van der Waals surface area contributed by atoms with E-state index in [1.54, 1.807) is 36.2 Å². The first-order valence-corrected chi connectivity index (χ1v) is 9.96. The minimum Gasteiger partial charge on any atom is -0.321 e. The maximum Gasteiger partial charge on any atom is 0.265 e. The van der Waals surface area contributed by atoms with Crippen molar-refractivity contribution in [3.63, 3.8) is 0 Å². The summed E-state index contributed by atoms with van der Waals surface area (Å²) in [5.41, 5.74) is 3.30. The number of amides is 2. The minimum absolute atomic E-state index is 0.0464. The summed E-state index contributed by atoms with van der Waals surface area (Å²) >= 11 is 1.41. The van der Waals surface area contributed by atoms with Gasteiger partial charge in [-0.2, -0.15) is 5.10 Å². The Kier molecular flexibility index (Phi) is 4.90. The van der Waals surface area contributed by atoms with E-state index in [0.29, 0.717) is 10.6 Å². The average molecular weight is 404 g/mol. The van der Waals surface area contributed by atoms with E-state index >= 15 is 0 Å². The lowest BCUT2D eigenvalue weighted by Crippen LogP contribution is -2.22. The van der Waals surface area contributed by atoms with Gasteiger partial charge in [0.15, 0.2) is 0 Å². The number of hydrogen-bond acceptors (Lipinski definition) is 4. The van der Waals surface area contributed by atoms with E-state index < -0.39 is 0 Å². The molecule has 146 valence electrons. The Hall–Kier alpha value is -3.45. The largest absolute Gasteiger partial charge is 0.321 e. The van der Waals surface area contributed by atoms with Crippen molar-refractivity contribution in [3.8, 4) is 5.69 Å². The first kappa shape index (κ1) is 18.9. The average Bonchev–Trinajstić information content (AvgIpc) is 3.29. The number of benzene rings is 2. The van der Waals surface area contributed by atoms with Crippen molar-refractivity contribution >= 4 is 44.7 Å². The molecule has 2 aromatic heterocycles.